The Bertz CT molecular complexity index is 610. The van der Waals surface area contributed by atoms with Gasteiger partial charge < -0.3 is 9.84 Å². The minimum Gasteiger partial charge on any atom is -0.494 e. The van der Waals surface area contributed by atoms with Gasteiger partial charge in [-0.1, -0.05) is 15.9 Å². The lowest BCUT2D eigenvalue weighted by molar-refractivity contribution is -0.141. The Hall–Kier alpha value is -1.70. The highest BCUT2D eigenvalue weighted by Crippen LogP contribution is 2.34. The number of alkyl halides is 3. The van der Waals surface area contributed by atoms with Crippen LogP contribution in [0.25, 0.3) is 5.69 Å². The van der Waals surface area contributed by atoms with E-state index in [-0.39, 0.29) is 11.4 Å². The summed E-state index contributed by atoms with van der Waals surface area (Å²) < 4.78 is 44.1. The van der Waals surface area contributed by atoms with Crippen LogP contribution < -0.4 is 4.74 Å². The summed E-state index contributed by atoms with van der Waals surface area (Å²) in [6, 6.07) is 5.20. The third kappa shape index (κ3) is 2.67. The van der Waals surface area contributed by atoms with Crippen LogP contribution >= 0.6 is 15.9 Å². The zero-order valence-corrected chi connectivity index (χ0v) is 11.2. The molecule has 0 atom stereocenters. The predicted octanol–water partition coefficient (Wildman–Crippen LogP) is 3.37. The van der Waals surface area contributed by atoms with Crippen LogP contribution in [-0.4, -0.2) is 22.0 Å². The second-order valence-electron chi connectivity index (χ2n) is 3.61. The molecule has 1 aromatic heterocycles. The molecule has 102 valence electrons. The SMILES string of the molecule is COc1cc(Br)ccc1-n1nc(C(F)(F)F)cc1O. The van der Waals surface area contributed by atoms with E-state index in [4.69, 9.17) is 4.74 Å². The zero-order chi connectivity index (χ0) is 14.2. The summed E-state index contributed by atoms with van der Waals surface area (Å²) in [4.78, 5) is 0. The fraction of sp³-hybridized carbons (Fsp3) is 0.182. The lowest BCUT2D eigenvalue weighted by Gasteiger charge is -2.09. The summed E-state index contributed by atoms with van der Waals surface area (Å²) in [5.41, 5.74) is -0.964. The van der Waals surface area contributed by atoms with Gasteiger partial charge in [0.1, 0.15) is 11.4 Å². The van der Waals surface area contributed by atoms with Crippen molar-refractivity contribution < 1.29 is 23.0 Å². The summed E-state index contributed by atoms with van der Waals surface area (Å²) in [5, 5.41) is 12.9. The molecule has 0 aliphatic rings. The van der Waals surface area contributed by atoms with Gasteiger partial charge in [-0.15, -0.1) is 0 Å². The summed E-state index contributed by atoms with van der Waals surface area (Å²) in [6.45, 7) is 0. The monoisotopic (exact) mass is 336 g/mol. The molecular formula is C11H8BrF3N2O2. The summed E-state index contributed by atoms with van der Waals surface area (Å²) in [7, 11) is 1.37. The summed E-state index contributed by atoms with van der Waals surface area (Å²) in [6.07, 6.45) is -4.62. The van der Waals surface area contributed by atoms with Gasteiger partial charge in [0.05, 0.1) is 7.11 Å². The van der Waals surface area contributed by atoms with Crippen molar-refractivity contribution >= 4 is 15.9 Å². The van der Waals surface area contributed by atoms with Crippen molar-refractivity contribution in [1.29, 1.82) is 0 Å². The topological polar surface area (TPSA) is 47.3 Å². The number of benzene rings is 1. The second-order valence-corrected chi connectivity index (χ2v) is 4.53. The Morgan fingerprint density at radius 3 is 2.53 bits per heavy atom. The Balaban J connectivity index is 2.56. The van der Waals surface area contributed by atoms with Crippen molar-refractivity contribution in [1.82, 2.24) is 9.78 Å². The maximum Gasteiger partial charge on any atom is 0.435 e. The average Bonchev–Trinajstić information content (AvgIpc) is 2.71. The van der Waals surface area contributed by atoms with Crippen LogP contribution in [0.5, 0.6) is 11.6 Å². The van der Waals surface area contributed by atoms with Crippen molar-refractivity contribution in [3.8, 4) is 17.3 Å². The van der Waals surface area contributed by atoms with E-state index in [1.807, 2.05) is 0 Å². The minimum absolute atomic E-state index is 0.207. The van der Waals surface area contributed by atoms with Gasteiger partial charge in [0, 0.05) is 10.5 Å². The number of nitrogens with zero attached hydrogens (tertiary/aromatic N) is 2. The standard InChI is InChI=1S/C11H8BrF3N2O2/c1-19-8-4-6(12)2-3-7(8)17-10(18)5-9(16-17)11(13,14)15/h2-5,18H,1H3. The van der Waals surface area contributed by atoms with E-state index in [2.05, 4.69) is 21.0 Å². The molecule has 0 unspecified atom stereocenters. The number of halogens is 4. The summed E-state index contributed by atoms with van der Waals surface area (Å²) in [5.74, 6) is -0.338. The van der Waals surface area contributed by atoms with Gasteiger partial charge >= 0.3 is 6.18 Å². The van der Waals surface area contributed by atoms with Crippen molar-refractivity contribution in [2.24, 2.45) is 0 Å². The van der Waals surface area contributed by atoms with Crippen LogP contribution in [0.2, 0.25) is 0 Å². The molecule has 0 fully saturated rings. The van der Waals surface area contributed by atoms with Gasteiger partial charge in [-0.25, -0.2) is 0 Å². The molecule has 0 spiro atoms. The van der Waals surface area contributed by atoms with Crippen LogP contribution in [0.1, 0.15) is 5.69 Å². The maximum atomic E-state index is 12.5. The first kappa shape index (κ1) is 13.7. The molecule has 2 rings (SSSR count). The number of hydrogen-bond donors (Lipinski definition) is 1. The molecule has 1 aromatic carbocycles. The molecule has 1 N–H and O–H groups in total. The van der Waals surface area contributed by atoms with Crippen LogP contribution in [-0.2, 0) is 6.18 Å². The molecule has 0 saturated heterocycles. The van der Waals surface area contributed by atoms with Gasteiger partial charge in [0.2, 0.25) is 5.88 Å². The molecule has 0 amide bonds. The van der Waals surface area contributed by atoms with E-state index < -0.39 is 17.8 Å². The van der Waals surface area contributed by atoms with Gasteiger partial charge in [0.25, 0.3) is 0 Å². The predicted molar refractivity (Wildman–Crippen MR) is 64.5 cm³/mol. The van der Waals surface area contributed by atoms with Crippen molar-refractivity contribution in [2.75, 3.05) is 7.11 Å². The Morgan fingerprint density at radius 2 is 2.00 bits per heavy atom. The fourth-order valence-electron chi connectivity index (χ4n) is 1.51. The van der Waals surface area contributed by atoms with Crippen molar-refractivity contribution in [3.63, 3.8) is 0 Å². The first-order valence-electron chi connectivity index (χ1n) is 5.03. The smallest absolute Gasteiger partial charge is 0.435 e. The fourth-order valence-corrected chi connectivity index (χ4v) is 1.85. The molecule has 2 aromatic rings. The molecule has 8 heteroatoms. The minimum atomic E-state index is -4.62. The molecule has 0 bridgehead atoms. The highest BCUT2D eigenvalue weighted by Gasteiger charge is 2.35. The molecule has 0 aliphatic carbocycles. The van der Waals surface area contributed by atoms with Crippen LogP contribution in [0.3, 0.4) is 0 Å². The molecule has 0 aliphatic heterocycles. The van der Waals surface area contributed by atoms with E-state index in [9.17, 15) is 18.3 Å². The van der Waals surface area contributed by atoms with Crippen molar-refractivity contribution in [2.45, 2.75) is 6.18 Å². The number of methoxy groups -OCH3 is 1. The number of hydrogen-bond acceptors (Lipinski definition) is 3. The Labute approximate surface area is 114 Å². The zero-order valence-electron chi connectivity index (χ0n) is 9.57. The van der Waals surface area contributed by atoms with Gasteiger partial charge in [0.15, 0.2) is 5.69 Å². The number of ether oxygens (including phenoxy) is 1. The molecule has 19 heavy (non-hydrogen) atoms. The highest BCUT2D eigenvalue weighted by atomic mass is 79.9. The normalized spacial score (nSPS) is 11.6. The largest absolute Gasteiger partial charge is 0.494 e. The molecule has 1 heterocycles. The third-order valence-electron chi connectivity index (χ3n) is 2.35. The van der Waals surface area contributed by atoms with Gasteiger partial charge in [-0.2, -0.15) is 23.0 Å². The molecule has 0 radical (unpaired) electrons. The number of aromatic nitrogens is 2. The lowest BCUT2D eigenvalue weighted by atomic mass is 10.3. The Morgan fingerprint density at radius 1 is 1.32 bits per heavy atom. The van der Waals surface area contributed by atoms with Crippen molar-refractivity contribution in [3.05, 3.63) is 34.4 Å². The first-order valence-corrected chi connectivity index (χ1v) is 5.82. The van der Waals surface area contributed by atoms with Crippen LogP contribution in [0.4, 0.5) is 13.2 Å². The maximum absolute atomic E-state index is 12.5. The molecule has 4 nitrogen and oxygen atoms in total. The highest BCUT2D eigenvalue weighted by molar-refractivity contribution is 9.10. The molecular weight excluding hydrogens is 329 g/mol. The van der Waals surface area contributed by atoms with E-state index in [1.165, 1.54) is 13.2 Å². The third-order valence-corrected chi connectivity index (χ3v) is 2.84. The number of rotatable bonds is 2. The van der Waals surface area contributed by atoms with Crippen LogP contribution in [0, 0.1) is 0 Å². The Kier molecular flexibility index (Phi) is 3.44. The van der Waals surface area contributed by atoms with E-state index in [0.29, 0.717) is 10.5 Å². The lowest BCUT2D eigenvalue weighted by Crippen LogP contribution is -2.07. The van der Waals surface area contributed by atoms with E-state index in [0.717, 1.165) is 4.68 Å². The average molecular weight is 337 g/mol. The number of aromatic hydroxyl groups is 1. The quantitative estimate of drug-likeness (QED) is 0.914. The molecule has 0 saturated carbocycles. The van der Waals surface area contributed by atoms with Gasteiger partial charge in [-0.3, -0.25) is 0 Å². The first-order chi connectivity index (χ1) is 8.82. The van der Waals surface area contributed by atoms with E-state index in [1.54, 1.807) is 12.1 Å². The van der Waals surface area contributed by atoms with Gasteiger partial charge in [-0.05, 0) is 18.2 Å². The van der Waals surface area contributed by atoms with E-state index >= 15 is 0 Å². The second kappa shape index (κ2) is 4.76. The summed E-state index contributed by atoms with van der Waals surface area (Å²) >= 11 is 3.21. The van der Waals surface area contributed by atoms with Crippen LogP contribution in [0.15, 0.2) is 28.7 Å².